The van der Waals surface area contributed by atoms with Crippen molar-refractivity contribution in [2.45, 2.75) is 25.8 Å². The second kappa shape index (κ2) is 9.88. The molecule has 1 heterocycles. The fourth-order valence-electron chi connectivity index (χ4n) is 2.77. The SMILES string of the molecule is C=C/C=C(\C=C)C(CCC)NC(=O)/C(C#N)=C/c1ccc2ccccc2n1. The fraction of sp³-hybridized carbons (Fsp3) is 0.174. The van der Waals surface area contributed by atoms with Crippen LogP contribution in [-0.4, -0.2) is 16.9 Å². The van der Waals surface area contributed by atoms with Crippen molar-refractivity contribution in [3.05, 3.63) is 84.6 Å². The Bertz CT molecular complexity index is 947. The van der Waals surface area contributed by atoms with E-state index in [9.17, 15) is 10.1 Å². The molecule has 1 unspecified atom stereocenters. The van der Waals surface area contributed by atoms with Gasteiger partial charge in [-0.25, -0.2) is 4.98 Å². The number of benzene rings is 1. The van der Waals surface area contributed by atoms with Gasteiger partial charge in [-0.2, -0.15) is 5.26 Å². The molecular formula is C23H23N3O. The zero-order valence-electron chi connectivity index (χ0n) is 15.5. The number of hydrogen-bond donors (Lipinski definition) is 1. The quantitative estimate of drug-likeness (QED) is 0.422. The Kier molecular flexibility index (Phi) is 7.27. The van der Waals surface area contributed by atoms with E-state index in [4.69, 9.17) is 0 Å². The zero-order valence-corrected chi connectivity index (χ0v) is 15.5. The van der Waals surface area contributed by atoms with Gasteiger partial charge < -0.3 is 5.32 Å². The van der Waals surface area contributed by atoms with Crippen LogP contribution < -0.4 is 5.32 Å². The predicted octanol–water partition coefficient (Wildman–Crippen LogP) is 4.73. The van der Waals surface area contributed by atoms with Crippen LogP contribution >= 0.6 is 0 Å². The number of carbonyl (C=O) groups is 1. The minimum atomic E-state index is -0.428. The maximum atomic E-state index is 12.6. The standard InChI is InChI=1S/C23H23N3O/c1-4-9-17(6-3)21(10-5-2)26-23(27)19(16-24)15-20-14-13-18-11-7-8-12-22(18)25-20/h4,6-9,11-15,21H,1,3,5,10H2,2H3,(H,26,27)/b17-9+,19-15+. The molecule has 4 nitrogen and oxygen atoms in total. The van der Waals surface area contributed by atoms with Crippen molar-refractivity contribution >= 4 is 22.9 Å². The Hall–Kier alpha value is -3.45. The summed E-state index contributed by atoms with van der Waals surface area (Å²) in [7, 11) is 0. The number of fused-ring (bicyclic) bond motifs is 1. The van der Waals surface area contributed by atoms with E-state index in [1.54, 1.807) is 18.2 Å². The van der Waals surface area contributed by atoms with Crippen molar-refractivity contribution in [1.82, 2.24) is 10.3 Å². The summed E-state index contributed by atoms with van der Waals surface area (Å²) in [4.78, 5) is 17.1. The van der Waals surface area contributed by atoms with Gasteiger partial charge in [-0.05, 0) is 30.2 Å². The normalized spacial score (nSPS) is 12.9. The highest BCUT2D eigenvalue weighted by Gasteiger charge is 2.17. The second-order valence-corrected chi connectivity index (χ2v) is 6.02. The van der Waals surface area contributed by atoms with Gasteiger partial charge in [0.15, 0.2) is 0 Å². The lowest BCUT2D eigenvalue weighted by Gasteiger charge is -2.19. The number of rotatable bonds is 8. The Morgan fingerprint density at radius 3 is 2.74 bits per heavy atom. The highest BCUT2D eigenvalue weighted by molar-refractivity contribution is 6.02. The molecule has 1 atom stereocenters. The van der Waals surface area contributed by atoms with E-state index in [-0.39, 0.29) is 11.6 Å². The van der Waals surface area contributed by atoms with Crippen molar-refractivity contribution in [2.75, 3.05) is 0 Å². The number of allylic oxidation sites excluding steroid dienone is 2. The lowest BCUT2D eigenvalue weighted by molar-refractivity contribution is -0.117. The first kappa shape index (κ1) is 19.9. The van der Waals surface area contributed by atoms with Gasteiger partial charge in [-0.1, -0.05) is 69.0 Å². The van der Waals surface area contributed by atoms with E-state index in [1.165, 1.54) is 6.08 Å². The molecule has 0 spiro atoms. The first-order valence-electron chi connectivity index (χ1n) is 8.86. The molecule has 0 radical (unpaired) electrons. The minimum Gasteiger partial charge on any atom is -0.345 e. The third-order valence-corrected chi connectivity index (χ3v) is 4.11. The summed E-state index contributed by atoms with van der Waals surface area (Å²) in [5.41, 5.74) is 2.26. The Morgan fingerprint density at radius 2 is 2.07 bits per heavy atom. The summed E-state index contributed by atoms with van der Waals surface area (Å²) >= 11 is 0. The van der Waals surface area contributed by atoms with Crippen molar-refractivity contribution in [1.29, 1.82) is 5.26 Å². The smallest absolute Gasteiger partial charge is 0.262 e. The van der Waals surface area contributed by atoms with Crippen LogP contribution in [0.5, 0.6) is 0 Å². The van der Waals surface area contributed by atoms with Gasteiger partial charge >= 0.3 is 0 Å². The summed E-state index contributed by atoms with van der Waals surface area (Å²) in [6, 6.07) is 13.2. The third-order valence-electron chi connectivity index (χ3n) is 4.11. The molecule has 0 aliphatic heterocycles. The van der Waals surface area contributed by atoms with Crippen LogP contribution in [0.2, 0.25) is 0 Å². The van der Waals surface area contributed by atoms with Crippen LogP contribution in [0.4, 0.5) is 0 Å². The number of carbonyl (C=O) groups excluding carboxylic acids is 1. The number of pyridine rings is 1. The first-order valence-corrected chi connectivity index (χ1v) is 8.86. The van der Waals surface area contributed by atoms with Gasteiger partial charge in [-0.15, -0.1) is 0 Å². The van der Waals surface area contributed by atoms with Crippen molar-refractivity contribution in [3.8, 4) is 6.07 Å². The van der Waals surface area contributed by atoms with Gasteiger partial charge in [-0.3, -0.25) is 4.79 Å². The maximum Gasteiger partial charge on any atom is 0.262 e. The fourth-order valence-corrected chi connectivity index (χ4v) is 2.77. The molecule has 4 heteroatoms. The molecule has 0 aliphatic carbocycles. The molecule has 1 aromatic carbocycles. The molecule has 0 bridgehead atoms. The van der Waals surface area contributed by atoms with Crippen LogP contribution in [0.15, 0.2) is 78.9 Å². The summed E-state index contributed by atoms with van der Waals surface area (Å²) in [5, 5.41) is 13.4. The summed E-state index contributed by atoms with van der Waals surface area (Å²) in [5.74, 6) is -0.428. The van der Waals surface area contributed by atoms with E-state index in [0.717, 1.165) is 29.3 Å². The number of amides is 1. The molecule has 1 aromatic heterocycles. The molecule has 0 aliphatic rings. The van der Waals surface area contributed by atoms with Crippen LogP contribution in [0.3, 0.4) is 0 Å². The molecule has 136 valence electrons. The molecule has 2 rings (SSSR count). The molecular weight excluding hydrogens is 334 g/mol. The molecule has 0 saturated heterocycles. The van der Waals surface area contributed by atoms with Crippen LogP contribution in [0, 0.1) is 11.3 Å². The van der Waals surface area contributed by atoms with E-state index in [0.29, 0.717) is 5.69 Å². The lowest BCUT2D eigenvalue weighted by atomic mass is 10.0. The summed E-state index contributed by atoms with van der Waals surface area (Å²) in [6.45, 7) is 9.52. The lowest BCUT2D eigenvalue weighted by Crippen LogP contribution is -2.36. The van der Waals surface area contributed by atoms with E-state index >= 15 is 0 Å². The number of para-hydroxylation sites is 1. The average molecular weight is 357 g/mol. The van der Waals surface area contributed by atoms with Gasteiger partial charge in [0, 0.05) is 5.39 Å². The van der Waals surface area contributed by atoms with E-state index < -0.39 is 5.91 Å². The summed E-state index contributed by atoms with van der Waals surface area (Å²) in [6.07, 6.45) is 8.30. The minimum absolute atomic E-state index is 0.0147. The highest BCUT2D eigenvalue weighted by Crippen LogP contribution is 2.15. The first-order chi connectivity index (χ1) is 13.1. The largest absolute Gasteiger partial charge is 0.345 e. The zero-order chi connectivity index (χ0) is 19.6. The second-order valence-electron chi connectivity index (χ2n) is 6.02. The molecule has 1 N–H and O–H groups in total. The molecule has 0 fully saturated rings. The van der Waals surface area contributed by atoms with Crippen LogP contribution in [0.25, 0.3) is 17.0 Å². The number of nitrogens with zero attached hydrogens (tertiary/aromatic N) is 2. The topological polar surface area (TPSA) is 65.8 Å². The Morgan fingerprint density at radius 1 is 1.30 bits per heavy atom. The van der Waals surface area contributed by atoms with Gasteiger partial charge in [0.1, 0.15) is 11.6 Å². The number of hydrogen-bond acceptors (Lipinski definition) is 3. The number of aromatic nitrogens is 1. The molecule has 1 amide bonds. The Balaban J connectivity index is 2.28. The number of nitrogens with one attached hydrogen (secondary N) is 1. The molecule has 2 aromatic rings. The van der Waals surface area contributed by atoms with Gasteiger partial charge in [0.05, 0.1) is 17.3 Å². The van der Waals surface area contributed by atoms with Crippen LogP contribution in [-0.2, 0) is 4.79 Å². The van der Waals surface area contributed by atoms with Crippen molar-refractivity contribution in [2.24, 2.45) is 0 Å². The molecule has 0 saturated carbocycles. The average Bonchev–Trinajstić information content (AvgIpc) is 2.69. The van der Waals surface area contributed by atoms with E-state index in [2.05, 4.69) is 23.5 Å². The van der Waals surface area contributed by atoms with Crippen molar-refractivity contribution < 1.29 is 4.79 Å². The summed E-state index contributed by atoms with van der Waals surface area (Å²) < 4.78 is 0. The predicted molar refractivity (Wildman–Crippen MR) is 111 cm³/mol. The van der Waals surface area contributed by atoms with Crippen molar-refractivity contribution in [3.63, 3.8) is 0 Å². The monoisotopic (exact) mass is 357 g/mol. The maximum absolute atomic E-state index is 12.6. The third kappa shape index (κ3) is 5.26. The molecule has 27 heavy (non-hydrogen) atoms. The van der Waals surface area contributed by atoms with Gasteiger partial charge in [0.25, 0.3) is 5.91 Å². The number of nitriles is 1. The van der Waals surface area contributed by atoms with E-state index in [1.807, 2.05) is 49.4 Å². The highest BCUT2D eigenvalue weighted by atomic mass is 16.1. The van der Waals surface area contributed by atoms with Gasteiger partial charge in [0.2, 0.25) is 0 Å². The van der Waals surface area contributed by atoms with Crippen LogP contribution in [0.1, 0.15) is 25.5 Å². The Labute approximate surface area is 160 Å².